The molecule has 1 atom stereocenters. The van der Waals surface area contributed by atoms with Crippen LogP contribution in [-0.4, -0.2) is 28.2 Å². The number of rotatable bonds is 2. The van der Waals surface area contributed by atoms with Crippen molar-refractivity contribution in [3.05, 3.63) is 0 Å². The van der Waals surface area contributed by atoms with Crippen molar-refractivity contribution in [1.29, 1.82) is 0 Å². The SMILES string of the molecule is O=C(O)C(O)CCl.[H-].[H-].[Na+].[Na+]. The molecule has 0 bridgehead atoms. The molecule has 0 aliphatic carbocycles. The first-order valence-corrected chi connectivity index (χ1v) is 2.18. The number of halogens is 1. The van der Waals surface area contributed by atoms with Crippen LogP contribution < -0.4 is 59.1 Å². The fourth-order valence-corrected chi connectivity index (χ4v) is 0.198. The minimum absolute atomic E-state index is 0. The number of aliphatic hydroxyl groups is 1. The molecule has 46 valence electrons. The largest absolute Gasteiger partial charge is 1.00 e. The molecular weight excluding hydrogens is 165 g/mol. The van der Waals surface area contributed by atoms with Gasteiger partial charge in [0.25, 0.3) is 0 Å². The molecule has 0 aliphatic rings. The van der Waals surface area contributed by atoms with Gasteiger partial charge in [0.1, 0.15) is 0 Å². The van der Waals surface area contributed by atoms with E-state index in [0.717, 1.165) is 0 Å². The van der Waals surface area contributed by atoms with E-state index in [9.17, 15) is 4.79 Å². The van der Waals surface area contributed by atoms with Crippen LogP contribution in [0.4, 0.5) is 0 Å². The van der Waals surface area contributed by atoms with Gasteiger partial charge in [0.05, 0.1) is 5.88 Å². The van der Waals surface area contributed by atoms with E-state index in [-0.39, 0.29) is 67.8 Å². The third-order valence-electron chi connectivity index (χ3n) is 0.431. The van der Waals surface area contributed by atoms with Crippen molar-refractivity contribution < 1.29 is 77.0 Å². The number of aliphatic carboxylic acids is 1. The average Bonchev–Trinajstić information content (AvgIpc) is 1.65. The Hall–Kier alpha value is 1.72. The summed E-state index contributed by atoms with van der Waals surface area (Å²) in [5, 5.41) is 16.1. The number of carbonyl (C=O) groups is 1. The summed E-state index contributed by atoms with van der Waals surface area (Å²) in [6.07, 6.45) is -1.42. The molecular formula is C3H7ClNa2O3. The first-order chi connectivity index (χ1) is 3.18. The van der Waals surface area contributed by atoms with E-state index in [2.05, 4.69) is 0 Å². The molecule has 9 heavy (non-hydrogen) atoms. The van der Waals surface area contributed by atoms with Gasteiger partial charge in [0, 0.05) is 0 Å². The van der Waals surface area contributed by atoms with Gasteiger partial charge in [-0.2, -0.15) is 0 Å². The maximum absolute atomic E-state index is 9.60. The van der Waals surface area contributed by atoms with Crippen molar-refractivity contribution in [3.8, 4) is 0 Å². The molecule has 1 unspecified atom stereocenters. The summed E-state index contributed by atoms with van der Waals surface area (Å²) in [5.41, 5.74) is 0. The normalized spacial score (nSPS) is 10.4. The van der Waals surface area contributed by atoms with Gasteiger partial charge in [-0.1, -0.05) is 0 Å². The Morgan fingerprint density at radius 3 is 2.00 bits per heavy atom. The van der Waals surface area contributed by atoms with Crippen LogP contribution in [0.1, 0.15) is 2.85 Å². The van der Waals surface area contributed by atoms with E-state index < -0.39 is 12.1 Å². The van der Waals surface area contributed by atoms with Crippen LogP contribution in [0.15, 0.2) is 0 Å². The van der Waals surface area contributed by atoms with E-state index in [1.54, 1.807) is 0 Å². The van der Waals surface area contributed by atoms with Gasteiger partial charge in [0.2, 0.25) is 0 Å². The number of aliphatic hydroxyl groups excluding tert-OH is 1. The maximum Gasteiger partial charge on any atom is 1.00 e. The smallest absolute Gasteiger partial charge is 1.00 e. The van der Waals surface area contributed by atoms with E-state index >= 15 is 0 Å². The quantitative estimate of drug-likeness (QED) is 0.322. The fraction of sp³-hybridized carbons (Fsp3) is 0.667. The summed E-state index contributed by atoms with van der Waals surface area (Å²) in [4.78, 5) is 9.60. The Bertz CT molecular complexity index is 87.0. The summed E-state index contributed by atoms with van der Waals surface area (Å²) in [7, 11) is 0. The molecule has 0 fully saturated rings. The van der Waals surface area contributed by atoms with Gasteiger partial charge in [0.15, 0.2) is 6.10 Å². The maximum atomic E-state index is 9.60. The van der Waals surface area contributed by atoms with Crippen LogP contribution in [0, 0.1) is 0 Å². The number of alkyl halides is 1. The summed E-state index contributed by atoms with van der Waals surface area (Å²) in [6, 6.07) is 0. The minimum atomic E-state index is -1.42. The number of carboxylic acids is 1. The first kappa shape index (κ1) is 17.0. The van der Waals surface area contributed by atoms with Crippen molar-refractivity contribution in [2.45, 2.75) is 6.10 Å². The molecule has 0 spiro atoms. The predicted octanol–water partition coefficient (Wildman–Crippen LogP) is -6.10. The van der Waals surface area contributed by atoms with Crippen LogP contribution >= 0.6 is 11.6 Å². The fourth-order valence-electron chi connectivity index (χ4n) is 0.0660. The minimum Gasteiger partial charge on any atom is -1.00 e. The topological polar surface area (TPSA) is 57.5 Å². The van der Waals surface area contributed by atoms with Gasteiger partial charge in [-0.15, -0.1) is 11.6 Å². The van der Waals surface area contributed by atoms with Gasteiger partial charge in [-0.05, 0) is 0 Å². The summed E-state index contributed by atoms with van der Waals surface area (Å²) >= 11 is 4.92. The summed E-state index contributed by atoms with van der Waals surface area (Å²) < 4.78 is 0. The van der Waals surface area contributed by atoms with E-state index in [1.807, 2.05) is 0 Å². The molecule has 0 radical (unpaired) electrons. The third kappa shape index (κ3) is 9.72. The van der Waals surface area contributed by atoms with E-state index in [4.69, 9.17) is 21.8 Å². The molecule has 2 N–H and O–H groups in total. The Labute approximate surface area is 105 Å². The van der Waals surface area contributed by atoms with Crippen LogP contribution in [0.2, 0.25) is 0 Å². The van der Waals surface area contributed by atoms with Crippen molar-refractivity contribution in [2.75, 3.05) is 5.88 Å². The molecule has 0 saturated heterocycles. The Morgan fingerprint density at radius 2 is 2.00 bits per heavy atom. The van der Waals surface area contributed by atoms with Crippen molar-refractivity contribution in [1.82, 2.24) is 0 Å². The Morgan fingerprint density at radius 1 is 1.67 bits per heavy atom. The monoisotopic (exact) mass is 172 g/mol. The summed E-state index contributed by atoms with van der Waals surface area (Å²) in [6.45, 7) is 0. The van der Waals surface area contributed by atoms with Crippen LogP contribution in [0.25, 0.3) is 0 Å². The second-order valence-corrected chi connectivity index (χ2v) is 1.32. The van der Waals surface area contributed by atoms with Crippen molar-refractivity contribution in [3.63, 3.8) is 0 Å². The Kier molecular flexibility index (Phi) is 18.4. The Balaban J connectivity index is -0.0000000300. The zero-order valence-corrected chi connectivity index (χ0v) is 10.2. The molecule has 0 amide bonds. The molecule has 0 saturated carbocycles. The molecule has 0 aliphatic heterocycles. The molecule has 6 heteroatoms. The van der Waals surface area contributed by atoms with Crippen LogP contribution in [0.3, 0.4) is 0 Å². The standard InChI is InChI=1S/C3H5ClO3.2Na.2H/c4-1-2(5)3(6)7;;;;/h2,5H,1H2,(H,6,7);;;;/q;2*+1;2*-1. The zero-order chi connectivity index (χ0) is 5.86. The third-order valence-corrected chi connectivity index (χ3v) is 0.724. The average molecular weight is 173 g/mol. The molecule has 3 nitrogen and oxygen atoms in total. The van der Waals surface area contributed by atoms with Crippen LogP contribution in [-0.2, 0) is 4.79 Å². The second-order valence-electron chi connectivity index (χ2n) is 1.01. The number of carboxylic acid groups (broad SMARTS) is 1. The number of hydrogen-bond acceptors (Lipinski definition) is 2. The molecule has 0 rings (SSSR count). The van der Waals surface area contributed by atoms with Crippen LogP contribution in [0.5, 0.6) is 0 Å². The zero-order valence-electron chi connectivity index (χ0n) is 7.47. The molecule has 0 aromatic rings. The van der Waals surface area contributed by atoms with Gasteiger partial charge in [-0.3, -0.25) is 0 Å². The van der Waals surface area contributed by atoms with Gasteiger partial charge in [-0.25, -0.2) is 4.79 Å². The molecule has 0 aromatic carbocycles. The first-order valence-electron chi connectivity index (χ1n) is 1.65. The second kappa shape index (κ2) is 9.72. The summed E-state index contributed by atoms with van der Waals surface area (Å²) in [5.74, 6) is -1.54. The molecule has 0 heterocycles. The van der Waals surface area contributed by atoms with Crippen molar-refractivity contribution in [2.24, 2.45) is 0 Å². The van der Waals surface area contributed by atoms with E-state index in [0.29, 0.717) is 0 Å². The predicted molar refractivity (Wildman–Crippen MR) is 26.6 cm³/mol. The molecule has 0 aromatic heterocycles. The number of hydrogen-bond donors (Lipinski definition) is 2. The van der Waals surface area contributed by atoms with Crippen molar-refractivity contribution >= 4 is 17.6 Å². The van der Waals surface area contributed by atoms with Gasteiger partial charge >= 0.3 is 65.1 Å². The van der Waals surface area contributed by atoms with Gasteiger partial charge < -0.3 is 13.1 Å². The van der Waals surface area contributed by atoms with E-state index in [1.165, 1.54) is 0 Å².